The van der Waals surface area contributed by atoms with E-state index in [1.165, 1.54) is 18.0 Å². The Morgan fingerprint density at radius 2 is 1.79 bits per heavy atom. The fourth-order valence-corrected chi connectivity index (χ4v) is 3.74. The van der Waals surface area contributed by atoms with E-state index in [-0.39, 0.29) is 30.4 Å². The predicted molar refractivity (Wildman–Crippen MR) is 119 cm³/mol. The van der Waals surface area contributed by atoms with Gasteiger partial charge in [0, 0.05) is 38.9 Å². The van der Waals surface area contributed by atoms with Gasteiger partial charge in [-0.25, -0.2) is 0 Å². The molecule has 1 aliphatic heterocycles. The summed E-state index contributed by atoms with van der Waals surface area (Å²) < 4.78 is 38.9. The first-order chi connectivity index (χ1) is 15.5. The molecule has 2 amide bonds. The van der Waals surface area contributed by atoms with Crippen LogP contribution in [0, 0.1) is 0 Å². The molecule has 3 rings (SSSR count). The summed E-state index contributed by atoms with van der Waals surface area (Å²) in [7, 11) is 1.46. The Hall–Kier alpha value is -2.98. The molecule has 0 aliphatic carbocycles. The van der Waals surface area contributed by atoms with Gasteiger partial charge in [-0.2, -0.15) is 13.2 Å². The van der Waals surface area contributed by atoms with Gasteiger partial charge in [-0.3, -0.25) is 14.5 Å². The number of benzene rings is 2. The van der Waals surface area contributed by atoms with E-state index < -0.39 is 22.7 Å². The van der Waals surface area contributed by atoms with E-state index >= 15 is 0 Å². The minimum absolute atomic E-state index is 0.0575. The standard InChI is InChI=1S/C22H24ClF3N4O3/c1-28(13-20(32)27-15-6-7-17(23)16(12-15)22(24,25)26)21(33)14-29-8-10-30(11-9-29)18-4-2-3-5-19(18)31/h2-7,12,31H,8-11,13-14H2,1H3,(H,27,32). The number of nitrogens with one attached hydrogen (secondary N) is 1. The van der Waals surface area contributed by atoms with Crippen molar-refractivity contribution in [2.24, 2.45) is 0 Å². The number of halogens is 4. The van der Waals surface area contributed by atoms with Crippen LogP contribution in [0.1, 0.15) is 5.56 Å². The van der Waals surface area contributed by atoms with Gasteiger partial charge in [-0.05, 0) is 30.3 Å². The molecule has 0 aromatic heterocycles. The van der Waals surface area contributed by atoms with E-state index in [0.29, 0.717) is 26.2 Å². The van der Waals surface area contributed by atoms with Crippen LogP contribution in [0.15, 0.2) is 42.5 Å². The van der Waals surface area contributed by atoms with Crippen LogP contribution in [0.5, 0.6) is 5.75 Å². The lowest BCUT2D eigenvalue weighted by Gasteiger charge is -2.36. The van der Waals surface area contributed by atoms with Crippen LogP contribution < -0.4 is 10.2 Å². The number of phenolic OH excluding ortho intramolecular Hbond substituents is 1. The zero-order valence-corrected chi connectivity index (χ0v) is 18.7. The van der Waals surface area contributed by atoms with Crippen molar-refractivity contribution in [3.8, 4) is 5.75 Å². The number of anilines is 2. The maximum atomic E-state index is 13.0. The summed E-state index contributed by atoms with van der Waals surface area (Å²) in [5.74, 6) is -0.699. The minimum Gasteiger partial charge on any atom is -0.506 e. The van der Waals surface area contributed by atoms with Crippen molar-refractivity contribution in [2.75, 3.05) is 56.5 Å². The Balaban J connectivity index is 1.48. The van der Waals surface area contributed by atoms with Gasteiger partial charge < -0.3 is 20.2 Å². The van der Waals surface area contributed by atoms with E-state index in [1.54, 1.807) is 12.1 Å². The molecule has 7 nitrogen and oxygen atoms in total. The number of alkyl halides is 3. The highest BCUT2D eigenvalue weighted by atomic mass is 35.5. The number of para-hydroxylation sites is 2. The molecule has 1 fully saturated rings. The molecular formula is C22H24ClF3N4O3. The van der Waals surface area contributed by atoms with Crippen molar-refractivity contribution in [3.05, 3.63) is 53.1 Å². The van der Waals surface area contributed by atoms with Crippen LogP contribution >= 0.6 is 11.6 Å². The van der Waals surface area contributed by atoms with Gasteiger partial charge in [0.25, 0.3) is 0 Å². The van der Waals surface area contributed by atoms with Gasteiger partial charge >= 0.3 is 6.18 Å². The number of hydrogen-bond donors (Lipinski definition) is 2. The lowest BCUT2D eigenvalue weighted by molar-refractivity contribution is -0.137. The maximum Gasteiger partial charge on any atom is 0.417 e. The van der Waals surface area contributed by atoms with Crippen molar-refractivity contribution in [3.63, 3.8) is 0 Å². The predicted octanol–water partition coefficient (Wildman–Crippen LogP) is 3.28. The number of nitrogens with zero attached hydrogens (tertiary/aromatic N) is 3. The lowest BCUT2D eigenvalue weighted by atomic mass is 10.2. The summed E-state index contributed by atoms with van der Waals surface area (Å²) in [6.07, 6.45) is -4.64. The third-order valence-electron chi connectivity index (χ3n) is 5.32. The molecule has 1 aliphatic rings. The highest BCUT2D eigenvalue weighted by Crippen LogP contribution is 2.36. The summed E-state index contributed by atoms with van der Waals surface area (Å²) >= 11 is 5.58. The third-order valence-corrected chi connectivity index (χ3v) is 5.65. The quantitative estimate of drug-likeness (QED) is 0.658. The Morgan fingerprint density at radius 3 is 2.42 bits per heavy atom. The van der Waals surface area contributed by atoms with Crippen molar-refractivity contribution in [1.82, 2.24) is 9.80 Å². The molecule has 0 saturated carbocycles. The monoisotopic (exact) mass is 484 g/mol. The number of phenols is 1. The molecule has 2 N–H and O–H groups in total. The fraction of sp³-hybridized carbons (Fsp3) is 0.364. The van der Waals surface area contributed by atoms with E-state index in [9.17, 15) is 27.9 Å². The molecular weight excluding hydrogens is 461 g/mol. The normalized spacial score (nSPS) is 14.8. The van der Waals surface area contributed by atoms with E-state index in [2.05, 4.69) is 5.32 Å². The molecule has 11 heteroatoms. The highest BCUT2D eigenvalue weighted by Gasteiger charge is 2.33. The molecule has 2 aromatic carbocycles. The Kier molecular flexibility index (Phi) is 7.70. The summed E-state index contributed by atoms with van der Waals surface area (Å²) in [6.45, 7) is 2.27. The van der Waals surface area contributed by atoms with Gasteiger partial charge in [-0.15, -0.1) is 0 Å². The zero-order chi connectivity index (χ0) is 24.2. The SMILES string of the molecule is CN(CC(=O)Nc1ccc(Cl)c(C(F)(F)F)c1)C(=O)CN1CCN(c2ccccc2O)CC1. The average molecular weight is 485 g/mol. The maximum absolute atomic E-state index is 13.0. The number of amides is 2. The van der Waals surface area contributed by atoms with Crippen molar-refractivity contribution in [1.29, 1.82) is 0 Å². The van der Waals surface area contributed by atoms with Crippen LogP contribution in [0.3, 0.4) is 0 Å². The summed E-state index contributed by atoms with van der Waals surface area (Å²) in [5.41, 5.74) is -0.361. The van der Waals surface area contributed by atoms with Gasteiger partial charge in [0.1, 0.15) is 5.75 Å². The van der Waals surface area contributed by atoms with Crippen LogP contribution in [-0.4, -0.2) is 73.0 Å². The Bertz CT molecular complexity index is 1010. The number of carbonyl (C=O) groups is 2. The molecule has 1 saturated heterocycles. The molecule has 178 valence electrons. The topological polar surface area (TPSA) is 76.1 Å². The second kappa shape index (κ2) is 10.3. The summed E-state index contributed by atoms with van der Waals surface area (Å²) in [6, 6.07) is 10.1. The van der Waals surface area contributed by atoms with E-state index in [0.717, 1.165) is 17.8 Å². The van der Waals surface area contributed by atoms with Crippen molar-refractivity contribution < 1.29 is 27.9 Å². The number of carbonyl (C=O) groups excluding carboxylic acids is 2. The molecule has 0 unspecified atom stereocenters. The van der Waals surface area contributed by atoms with E-state index in [4.69, 9.17) is 11.6 Å². The zero-order valence-electron chi connectivity index (χ0n) is 17.9. The number of aromatic hydroxyl groups is 1. The first-order valence-corrected chi connectivity index (χ1v) is 10.6. The van der Waals surface area contributed by atoms with Crippen LogP contribution in [0.4, 0.5) is 24.5 Å². The molecule has 1 heterocycles. The largest absolute Gasteiger partial charge is 0.506 e. The summed E-state index contributed by atoms with van der Waals surface area (Å²) in [4.78, 5) is 30.0. The fourth-order valence-electron chi connectivity index (χ4n) is 3.51. The van der Waals surface area contributed by atoms with Crippen LogP contribution in [-0.2, 0) is 15.8 Å². The molecule has 0 bridgehead atoms. The van der Waals surface area contributed by atoms with Crippen molar-refractivity contribution in [2.45, 2.75) is 6.18 Å². The van der Waals surface area contributed by atoms with Crippen LogP contribution in [0.2, 0.25) is 5.02 Å². The minimum atomic E-state index is -4.64. The Morgan fingerprint density at radius 1 is 1.12 bits per heavy atom. The van der Waals surface area contributed by atoms with Gasteiger partial charge in [0.2, 0.25) is 11.8 Å². The Labute approximate surface area is 194 Å². The number of likely N-dealkylation sites (N-methyl/N-ethyl adjacent to an activating group) is 1. The number of hydrogen-bond acceptors (Lipinski definition) is 5. The molecule has 0 radical (unpaired) electrons. The first kappa shape index (κ1) is 24.7. The molecule has 33 heavy (non-hydrogen) atoms. The van der Waals surface area contributed by atoms with Gasteiger partial charge in [0.15, 0.2) is 0 Å². The van der Waals surface area contributed by atoms with Gasteiger partial charge in [-0.1, -0.05) is 23.7 Å². The second-order valence-electron chi connectivity index (χ2n) is 7.74. The number of rotatable bonds is 6. The summed E-state index contributed by atoms with van der Waals surface area (Å²) in [5, 5.41) is 11.9. The molecule has 0 atom stereocenters. The average Bonchev–Trinajstić information content (AvgIpc) is 2.75. The van der Waals surface area contributed by atoms with E-state index in [1.807, 2.05) is 21.9 Å². The smallest absolute Gasteiger partial charge is 0.417 e. The van der Waals surface area contributed by atoms with Gasteiger partial charge in [0.05, 0.1) is 29.4 Å². The van der Waals surface area contributed by atoms with Crippen molar-refractivity contribution >= 4 is 34.8 Å². The first-order valence-electron chi connectivity index (χ1n) is 10.2. The number of piperazine rings is 1. The molecule has 2 aromatic rings. The lowest BCUT2D eigenvalue weighted by Crippen LogP contribution is -2.50. The van der Waals surface area contributed by atoms with Crippen LogP contribution in [0.25, 0.3) is 0 Å². The second-order valence-corrected chi connectivity index (χ2v) is 8.15. The molecule has 0 spiro atoms. The highest BCUT2D eigenvalue weighted by molar-refractivity contribution is 6.31. The third kappa shape index (κ3) is 6.52.